The lowest BCUT2D eigenvalue weighted by atomic mass is 9.76. The van der Waals surface area contributed by atoms with Crippen molar-refractivity contribution >= 4 is 40.7 Å². The number of aliphatic imine (C=N–C) groups is 3. The van der Waals surface area contributed by atoms with E-state index < -0.39 is 66.3 Å². The number of anilines is 1. The van der Waals surface area contributed by atoms with E-state index in [1.165, 1.54) is 18.4 Å². The summed E-state index contributed by atoms with van der Waals surface area (Å²) in [5.41, 5.74) is 6.37. The Morgan fingerprint density at radius 1 is 0.877 bits per heavy atom. The van der Waals surface area contributed by atoms with Crippen molar-refractivity contribution in [3.8, 4) is 11.5 Å². The Hall–Kier alpha value is -5.78. The predicted octanol–water partition coefficient (Wildman–Crippen LogP) is 1.87. The summed E-state index contributed by atoms with van der Waals surface area (Å²) in [7, 11) is 0. The van der Waals surface area contributed by atoms with Crippen molar-refractivity contribution in [1.29, 1.82) is 0 Å². The number of guanidine groups is 1. The van der Waals surface area contributed by atoms with Gasteiger partial charge in [-0.05, 0) is 49.5 Å². The van der Waals surface area contributed by atoms with E-state index in [1.807, 2.05) is 6.07 Å². The normalized spacial score (nSPS) is 27.4. The van der Waals surface area contributed by atoms with Crippen LogP contribution in [0.2, 0.25) is 0 Å². The van der Waals surface area contributed by atoms with E-state index in [1.54, 1.807) is 47.4 Å². The number of hydrogen-bond donors (Lipinski definition) is 5. The van der Waals surface area contributed by atoms with Gasteiger partial charge >= 0.3 is 5.91 Å². The average Bonchev–Trinajstić information content (AvgIpc) is 3.64. The van der Waals surface area contributed by atoms with Crippen molar-refractivity contribution < 1.29 is 53.8 Å². The Bertz CT molecular complexity index is 2310. The van der Waals surface area contributed by atoms with Gasteiger partial charge in [-0.25, -0.2) is 0 Å². The lowest BCUT2D eigenvalue weighted by Gasteiger charge is -2.49. The fourth-order valence-electron chi connectivity index (χ4n) is 8.77. The van der Waals surface area contributed by atoms with Crippen molar-refractivity contribution in [1.82, 2.24) is 0 Å². The first-order valence-corrected chi connectivity index (χ1v) is 18.8. The molecule has 6 N–H and O–H groups in total. The number of carbonyl (C=O) groups is 3. The molecule has 3 aromatic rings. The summed E-state index contributed by atoms with van der Waals surface area (Å²) in [6.45, 7) is -0.793. The van der Waals surface area contributed by atoms with Crippen LogP contribution in [0.4, 0.5) is 5.69 Å². The molecule has 9 rings (SSSR count). The monoisotopic (exact) mass is 777 g/mol. The summed E-state index contributed by atoms with van der Waals surface area (Å²) in [5.74, 6) is -2.90. The van der Waals surface area contributed by atoms with Crippen LogP contribution in [0.25, 0.3) is 0 Å². The number of aliphatic hydroxyl groups is 4. The summed E-state index contributed by atoms with van der Waals surface area (Å²) < 4.78 is 25.8. The Balaban J connectivity index is 1.30. The van der Waals surface area contributed by atoms with E-state index >= 15 is 0 Å². The third-order valence-electron chi connectivity index (χ3n) is 11.5. The Morgan fingerprint density at radius 2 is 1.61 bits per heavy atom. The molecule has 2 bridgehead atoms. The molecule has 1 saturated heterocycles. The number of ether oxygens (including phenoxy) is 4. The number of nitrogens with zero attached hydrogens (tertiary/aromatic N) is 4. The molecule has 0 aromatic heterocycles. The van der Waals surface area contributed by atoms with Gasteiger partial charge in [0, 0.05) is 33.9 Å². The molecule has 2 fully saturated rings. The topological polar surface area (TPSA) is 235 Å². The fourth-order valence-corrected chi connectivity index (χ4v) is 8.77. The third-order valence-corrected chi connectivity index (χ3v) is 11.5. The van der Waals surface area contributed by atoms with Gasteiger partial charge in [-0.3, -0.25) is 19.4 Å². The maximum Gasteiger partial charge on any atom is 0.302 e. The smallest absolute Gasteiger partial charge is 0.302 e. The number of benzene rings is 3. The predicted molar refractivity (Wildman–Crippen MR) is 203 cm³/mol. The minimum atomic E-state index is -1.79. The number of aliphatic hydroxyl groups excluding tert-OH is 4. The van der Waals surface area contributed by atoms with Crippen molar-refractivity contribution in [3.63, 3.8) is 0 Å². The molecule has 1 spiro atoms. The minimum absolute atomic E-state index is 0.000820. The highest BCUT2D eigenvalue weighted by Crippen LogP contribution is 2.50. The molecule has 2 aliphatic carbocycles. The van der Waals surface area contributed by atoms with E-state index in [4.69, 9.17) is 24.7 Å². The second-order valence-electron chi connectivity index (χ2n) is 14.7. The lowest BCUT2D eigenvalue weighted by molar-refractivity contribution is -0.308. The molecule has 16 nitrogen and oxygen atoms in total. The molecule has 0 radical (unpaired) electrons. The maximum atomic E-state index is 14.4. The van der Waals surface area contributed by atoms with E-state index in [2.05, 4.69) is 15.0 Å². The van der Waals surface area contributed by atoms with E-state index in [9.17, 15) is 34.8 Å². The van der Waals surface area contributed by atoms with Crippen molar-refractivity contribution in [3.05, 3.63) is 100 Å². The quantitative estimate of drug-likeness (QED) is 0.195. The average molecular weight is 778 g/mol. The van der Waals surface area contributed by atoms with Crippen molar-refractivity contribution in [2.24, 2.45) is 20.7 Å². The van der Waals surface area contributed by atoms with Gasteiger partial charge in [-0.1, -0.05) is 48.9 Å². The molecular formula is C41H39N5O11. The van der Waals surface area contributed by atoms with Crippen LogP contribution in [0.1, 0.15) is 81.0 Å². The first-order chi connectivity index (χ1) is 27.6. The van der Waals surface area contributed by atoms with Crippen molar-refractivity contribution in [2.75, 3.05) is 24.8 Å². The molecule has 4 heterocycles. The Kier molecular flexibility index (Phi) is 9.24. The molecule has 16 heteroatoms. The van der Waals surface area contributed by atoms with Crippen LogP contribution in [0.3, 0.4) is 0 Å². The summed E-state index contributed by atoms with van der Waals surface area (Å²) in [4.78, 5) is 55.8. The van der Waals surface area contributed by atoms with Crippen LogP contribution >= 0.6 is 0 Å². The van der Waals surface area contributed by atoms with Crippen LogP contribution in [0.15, 0.2) is 81.9 Å². The van der Waals surface area contributed by atoms with Crippen LogP contribution < -0.4 is 20.1 Å². The third kappa shape index (κ3) is 5.94. The maximum absolute atomic E-state index is 14.4. The van der Waals surface area contributed by atoms with Crippen LogP contribution in [0, 0.1) is 0 Å². The van der Waals surface area contributed by atoms with Gasteiger partial charge in [0.25, 0.3) is 0 Å². The summed E-state index contributed by atoms with van der Waals surface area (Å²) in [5, 5.41) is 44.2. The summed E-state index contributed by atoms with van der Waals surface area (Å²) in [6.07, 6.45) is -1.37. The number of nitrogens with two attached hydrogens (primary N) is 1. The number of fused-ring (bicyclic) bond motifs is 7. The molecule has 6 aliphatic rings. The highest BCUT2D eigenvalue weighted by atomic mass is 16.7. The highest BCUT2D eigenvalue weighted by molar-refractivity contribution is 6.72. The number of hydrogen-bond acceptors (Lipinski definition) is 15. The van der Waals surface area contributed by atoms with E-state index in [-0.39, 0.29) is 70.1 Å². The molecule has 3 aromatic carbocycles. The molecule has 6 atom stereocenters. The number of carbonyl (C=O) groups excluding carboxylic acids is 3. The van der Waals surface area contributed by atoms with Gasteiger partial charge < -0.3 is 50.0 Å². The molecule has 57 heavy (non-hydrogen) atoms. The van der Waals surface area contributed by atoms with E-state index in [0.29, 0.717) is 24.1 Å². The van der Waals surface area contributed by atoms with Gasteiger partial charge in [0.05, 0.1) is 18.4 Å². The van der Waals surface area contributed by atoms with Crippen LogP contribution in [-0.2, 0) is 14.3 Å². The second kappa shape index (κ2) is 14.3. The highest BCUT2D eigenvalue weighted by Gasteiger charge is 2.56. The zero-order valence-corrected chi connectivity index (χ0v) is 30.5. The minimum Gasteiger partial charge on any atom is -0.492 e. The molecular weight excluding hydrogens is 738 g/mol. The Labute approximate surface area is 325 Å². The van der Waals surface area contributed by atoms with Crippen LogP contribution in [-0.4, -0.2) is 112 Å². The fraction of sp³-hybridized carbons (Fsp3) is 0.366. The van der Waals surface area contributed by atoms with Gasteiger partial charge in [-0.2, -0.15) is 9.98 Å². The zero-order chi connectivity index (χ0) is 39.6. The standard InChI is InChI=1S/C41H39N5O11/c42-40-44-37-28(38(53)45-40)43-19-46(37)26-11-5-4-8-21(26)20-12-16-55-41(13-6-1-7-14-41)36-32(51)31(50)33(52)39(57-36)56-34-24(20)18-25-27(35(34)54-17-15-47)30(49)23-10-3-2-9-22(23)29(25)48/h2-5,8-12,16,18,20,31-33,36,39,47,50-52H,1,6-7,13-15,17,19H2,(H2,42,45,53). The number of rotatable bonds is 5. The first kappa shape index (κ1) is 36.8. The van der Waals surface area contributed by atoms with Crippen LogP contribution in [0.5, 0.6) is 11.5 Å². The SMILES string of the molecule is NC1=NC(=O)C2=NCN(c3ccccc3C3C=COC4(CCCCC4)C4OC(Oc5c3cc3c(c5OCCO)C(=O)c5ccccc5C3=O)C(O)C(O)C4O)C2=N1. The van der Waals surface area contributed by atoms with E-state index in [0.717, 1.165) is 19.3 Å². The summed E-state index contributed by atoms with van der Waals surface area (Å²) in [6, 6.07) is 15.1. The second-order valence-corrected chi connectivity index (χ2v) is 14.7. The van der Waals surface area contributed by atoms with Gasteiger partial charge in [0.15, 0.2) is 34.6 Å². The number of allylic oxidation sites excluding steroid dienone is 1. The zero-order valence-electron chi connectivity index (χ0n) is 30.5. The van der Waals surface area contributed by atoms with Gasteiger partial charge in [-0.15, -0.1) is 0 Å². The van der Waals surface area contributed by atoms with Crippen molar-refractivity contribution in [2.45, 2.75) is 74.3 Å². The number of amides is 1. The molecule has 6 unspecified atom stereocenters. The Morgan fingerprint density at radius 3 is 2.39 bits per heavy atom. The van der Waals surface area contributed by atoms with Gasteiger partial charge in [0.1, 0.15) is 43.3 Å². The molecule has 1 saturated carbocycles. The first-order valence-electron chi connectivity index (χ1n) is 18.8. The van der Waals surface area contributed by atoms with Gasteiger partial charge in [0.2, 0.25) is 12.2 Å². The molecule has 294 valence electrons. The lowest BCUT2D eigenvalue weighted by Crippen LogP contribution is -2.66. The number of para-hydroxylation sites is 1. The number of amidine groups is 1. The number of ketones is 2. The largest absolute Gasteiger partial charge is 0.492 e. The summed E-state index contributed by atoms with van der Waals surface area (Å²) >= 11 is 0. The molecule has 4 aliphatic heterocycles. The molecule has 1 amide bonds.